The molecule has 0 aliphatic heterocycles. The maximum Gasteiger partial charge on any atom is 0.132 e. The summed E-state index contributed by atoms with van der Waals surface area (Å²) in [5.41, 5.74) is 0. The summed E-state index contributed by atoms with van der Waals surface area (Å²) in [4.78, 5) is 9.03. The molecule has 4 heteroatoms. The quantitative estimate of drug-likeness (QED) is 0.825. The van der Waals surface area contributed by atoms with Crippen LogP contribution in [-0.2, 0) is 6.42 Å². The van der Waals surface area contributed by atoms with Crippen LogP contribution in [0.3, 0.4) is 0 Å². The van der Waals surface area contributed by atoms with E-state index in [1.807, 2.05) is 6.07 Å². The molecule has 1 aromatic rings. The second-order valence-electron chi connectivity index (χ2n) is 5.49. The van der Waals surface area contributed by atoms with Crippen molar-refractivity contribution in [3.05, 3.63) is 11.9 Å². The molecule has 19 heavy (non-hydrogen) atoms. The molecule has 0 radical (unpaired) electrons. The fraction of sp³-hybridized carbons (Fsp3) is 0.733. The van der Waals surface area contributed by atoms with E-state index < -0.39 is 0 Å². The Morgan fingerprint density at radius 1 is 1.16 bits per heavy atom. The van der Waals surface area contributed by atoms with Gasteiger partial charge in [0.2, 0.25) is 0 Å². The topological polar surface area (TPSA) is 49.8 Å². The third kappa shape index (κ3) is 3.82. The Kier molecular flexibility index (Phi) is 5.00. The van der Waals surface area contributed by atoms with Gasteiger partial charge in [-0.2, -0.15) is 0 Å². The van der Waals surface area contributed by atoms with E-state index in [0.29, 0.717) is 0 Å². The maximum atomic E-state index is 4.56. The van der Waals surface area contributed by atoms with Gasteiger partial charge in [0.15, 0.2) is 0 Å². The molecule has 1 aliphatic rings. The van der Waals surface area contributed by atoms with Crippen LogP contribution in [0.1, 0.15) is 45.9 Å². The standard InChI is InChI=1S/C15H26N4/c1-4-13-18-14(16-5-2)9-15(19-13)17-10-12-8-6-7-11(12)3/h9,11-12H,4-8,10H2,1-3H3,(H2,16,17,18,19). The van der Waals surface area contributed by atoms with E-state index in [4.69, 9.17) is 0 Å². The second kappa shape index (κ2) is 6.73. The van der Waals surface area contributed by atoms with E-state index in [-0.39, 0.29) is 0 Å². The van der Waals surface area contributed by atoms with Crippen LogP contribution in [0.25, 0.3) is 0 Å². The highest BCUT2D eigenvalue weighted by Gasteiger charge is 2.22. The molecule has 1 aromatic heterocycles. The fourth-order valence-electron chi connectivity index (χ4n) is 2.78. The van der Waals surface area contributed by atoms with Crippen LogP contribution in [0.5, 0.6) is 0 Å². The molecule has 0 amide bonds. The van der Waals surface area contributed by atoms with Crippen LogP contribution in [0, 0.1) is 11.8 Å². The van der Waals surface area contributed by atoms with Gasteiger partial charge in [0.05, 0.1) is 0 Å². The molecule has 4 nitrogen and oxygen atoms in total. The lowest BCUT2D eigenvalue weighted by Crippen LogP contribution is -2.17. The number of hydrogen-bond acceptors (Lipinski definition) is 4. The van der Waals surface area contributed by atoms with Crippen molar-refractivity contribution in [1.82, 2.24) is 9.97 Å². The van der Waals surface area contributed by atoms with Crippen LogP contribution in [0.4, 0.5) is 11.6 Å². The monoisotopic (exact) mass is 262 g/mol. The minimum absolute atomic E-state index is 0.794. The lowest BCUT2D eigenvalue weighted by Gasteiger charge is -2.17. The van der Waals surface area contributed by atoms with Gasteiger partial charge in [0, 0.05) is 25.6 Å². The first-order valence-electron chi connectivity index (χ1n) is 7.58. The highest BCUT2D eigenvalue weighted by atomic mass is 15.1. The van der Waals surface area contributed by atoms with E-state index >= 15 is 0 Å². The predicted molar refractivity (Wildman–Crippen MR) is 80.6 cm³/mol. The first kappa shape index (κ1) is 14.1. The van der Waals surface area contributed by atoms with Gasteiger partial charge in [-0.05, 0) is 25.2 Å². The van der Waals surface area contributed by atoms with Gasteiger partial charge in [-0.25, -0.2) is 9.97 Å². The summed E-state index contributed by atoms with van der Waals surface area (Å²) < 4.78 is 0. The Balaban J connectivity index is 2.00. The minimum Gasteiger partial charge on any atom is -0.370 e. The van der Waals surface area contributed by atoms with Gasteiger partial charge in [0.25, 0.3) is 0 Å². The number of anilines is 2. The summed E-state index contributed by atoms with van der Waals surface area (Å²) in [5, 5.41) is 6.77. The molecule has 2 rings (SSSR count). The molecular weight excluding hydrogens is 236 g/mol. The molecular formula is C15H26N4. The normalized spacial score (nSPS) is 22.5. The van der Waals surface area contributed by atoms with Gasteiger partial charge in [-0.1, -0.05) is 26.7 Å². The minimum atomic E-state index is 0.794. The van der Waals surface area contributed by atoms with Crippen LogP contribution >= 0.6 is 0 Å². The van der Waals surface area contributed by atoms with Crippen LogP contribution < -0.4 is 10.6 Å². The zero-order valence-electron chi connectivity index (χ0n) is 12.4. The Labute approximate surface area is 116 Å². The first-order valence-corrected chi connectivity index (χ1v) is 7.58. The van der Waals surface area contributed by atoms with Crippen molar-refractivity contribution >= 4 is 11.6 Å². The summed E-state index contributed by atoms with van der Waals surface area (Å²) in [6.45, 7) is 8.46. The van der Waals surface area contributed by atoms with Crippen molar-refractivity contribution in [1.29, 1.82) is 0 Å². The summed E-state index contributed by atoms with van der Waals surface area (Å²) in [6.07, 6.45) is 4.97. The number of nitrogens with zero attached hydrogens (tertiary/aromatic N) is 2. The smallest absolute Gasteiger partial charge is 0.132 e. The van der Waals surface area contributed by atoms with Crippen molar-refractivity contribution in [3.8, 4) is 0 Å². The van der Waals surface area contributed by atoms with Gasteiger partial charge in [0.1, 0.15) is 17.5 Å². The third-order valence-corrected chi connectivity index (χ3v) is 4.03. The first-order chi connectivity index (χ1) is 9.22. The highest BCUT2D eigenvalue weighted by molar-refractivity contribution is 5.47. The van der Waals surface area contributed by atoms with Crippen LogP contribution in [0.15, 0.2) is 6.07 Å². The number of aromatic nitrogens is 2. The van der Waals surface area contributed by atoms with E-state index in [9.17, 15) is 0 Å². The Bertz CT molecular complexity index is 405. The van der Waals surface area contributed by atoms with Gasteiger partial charge in [-0.3, -0.25) is 0 Å². The Hall–Kier alpha value is -1.32. The fourth-order valence-corrected chi connectivity index (χ4v) is 2.78. The van der Waals surface area contributed by atoms with Crippen molar-refractivity contribution in [2.45, 2.75) is 46.5 Å². The van der Waals surface area contributed by atoms with E-state index in [1.165, 1.54) is 19.3 Å². The van der Waals surface area contributed by atoms with E-state index in [0.717, 1.165) is 48.8 Å². The lowest BCUT2D eigenvalue weighted by molar-refractivity contribution is 0.439. The molecule has 2 unspecified atom stereocenters. The van der Waals surface area contributed by atoms with Crippen molar-refractivity contribution < 1.29 is 0 Å². The molecule has 0 saturated heterocycles. The van der Waals surface area contributed by atoms with Crippen LogP contribution in [-0.4, -0.2) is 23.1 Å². The average Bonchev–Trinajstić information content (AvgIpc) is 2.82. The van der Waals surface area contributed by atoms with E-state index in [2.05, 4.69) is 41.4 Å². The van der Waals surface area contributed by atoms with Crippen LogP contribution in [0.2, 0.25) is 0 Å². The molecule has 0 spiro atoms. The molecule has 1 aliphatic carbocycles. The molecule has 1 saturated carbocycles. The number of aryl methyl sites for hydroxylation is 1. The Morgan fingerprint density at radius 2 is 1.89 bits per heavy atom. The molecule has 0 bridgehead atoms. The maximum absolute atomic E-state index is 4.56. The zero-order valence-corrected chi connectivity index (χ0v) is 12.4. The molecule has 106 valence electrons. The van der Waals surface area contributed by atoms with E-state index in [1.54, 1.807) is 0 Å². The summed E-state index contributed by atoms with van der Waals surface area (Å²) in [6, 6.07) is 2.02. The van der Waals surface area contributed by atoms with Gasteiger partial charge in [-0.15, -0.1) is 0 Å². The predicted octanol–water partition coefficient (Wildman–Crippen LogP) is 3.32. The molecule has 0 aromatic carbocycles. The summed E-state index contributed by atoms with van der Waals surface area (Å²) in [5.74, 6) is 4.43. The van der Waals surface area contributed by atoms with Gasteiger partial charge >= 0.3 is 0 Å². The molecule has 2 atom stereocenters. The Morgan fingerprint density at radius 3 is 2.47 bits per heavy atom. The molecule has 1 heterocycles. The average molecular weight is 262 g/mol. The van der Waals surface area contributed by atoms with Crippen molar-refractivity contribution in [2.24, 2.45) is 11.8 Å². The zero-order chi connectivity index (χ0) is 13.7. The van der Waals surface area contributed by atoms with Gasteiger partial charge < -0.3 is 10.6 Å². The third-order valence-electron chi connectivity index (χ3n) is 4.03. The lowest BCUT2D eigenvalue weighted by atomic mass is 9.98. The number of nitrogens with one attached hydrogen (secondary N) is 2. The highest BCUT2D eigenvalue weighted by Crippen LogP contribution is 2.31. The summed E-state index contributed by atoms with van der Waals surface area (Å²) >= 11 is 0. The number of hydrogen-bond donors (Lipinski definition) is 2. The van der Waals surface area contributed by atoms with Crippen molar-refractivity contribution in [2.75, 3.05) is 23.7 Å². The SMILES string of the molecule is CCNc1cc(NCC2CCCC2C)nc(CC)n1. The molecule has 2 N–H and O–H groups in total. The largest absolute Gasteiger partial charge is 0.370 e. The second-order valence-corrected chi connectivity index (χ2v) is 5.49. The number of rotatable bonds is 6. The molecule has 1 fully saturated rings. The summed E-state index contributed by atoms with van der Waals surface area (Å²) in [7, 11) is 0. The van der Waals surface area contributed by atoms with Crippen molar-refractivity contribution in [3.63, 3.8) is 0 Å².